The van der Waals surface area contributed by atoms with Gasteiger partial charge in [-0.25, -0.2) is 4.68 Å². The third-order valence-corrected chi connectivity index (χ3v) is 7.13. The standard InChI is InChI=1S/C18H23N3OS3/c1-13-8-10-14(11-9-13)20(2)16(22)12-24-17-19-21(18(23)25-17)15-6-4-3-5-7-15/h3-7,13-14H,8-12H2,1-2H3. The van der Waals surface area contributed by atoms with E-state index < -0.39 is 0 Å². The summed E-state index contributed by atoms with van der Waals surface area (Å²) in [6, 6.07) is 10.2. The van der Waals surface area contributed by atoms with Crippen molar-refractivity contribution < 1.29 is 4.79 Å². The largest absolute Gasteiger partial charge is 0.342 e. The number of hydrogen-bond acceptors (Lipinski definition) is 5. The fourth-order valence-corrected chi connectivity index (χ4v) is 5.40. The molecule has 1 aromatic carbocycles. The number of carbonyl (C=O) groups is 1. The van der Waals surface area contributed by atoms with Crippen molar-refractivity contribution in [2.24, 2.45) is 5.92 Å². The molecule has 25 heavy (non-hydrogen) atoms. The maximum atomic E-state index is 12.5. The first kappa shape index (κ1) is 18.6. The Morgan fingerprint density at radius 3 is 2.68 bits per heavy atom. The van der Waals surface area contributed by atoms with E-state index in [1.54, 1.807) is 4.68 Å². The van der Waals surface area contributed by atoms with Gasteiger partial charge in [-0.05, 0) is 56.0 Å². The molecular weight excluding hydrogens is 370 g/mol. The first-order valence-electron chi connectivity index (χ1n) is 8.58. The lowest BCUT2D eigenvalue weighted by atomic mass is 9.87. The van der Waals surface area contributed by atoms with Gasteiger partial charge in [0, 0.05) is 13.1 Å². The first-order chi connectivity index (χ1) is 12.0. The Kier molecular flexibility index (Phi) is 6.30. The molecule has 0 saturated heterocycles. The molecule has 4 nitrogen and oxygen atoms in total. The number of thioether (sulfide) groups is 1. The number of carbonyl (C=O) groups excluding carboxylic acids is 1. The third kappa shape index (κ3) is 4.71. The highest BCUT2D eigenvalue weighted by atomic mass is 32.2. The summed E-state index contributed by atoms with van der Waals surface area (Å²) in [4.78, 5) is 14.4. The van der Waals surface area contributed by atoms with Crippen molar-refractivity contribution in [3.8, 4) is 5.69 Å². The van der Waals surface area contributed by atoms with Crippen LogP contribution in [0.2, 0.25) is 0 Å². The summed E-state index contributed by atoms with van der Waals surface area (Å²) >= 11 is 8.35. The van der Waals surface area contributed by atoms with E-state index >= 15 is 0 Å². The minimum absolute atomic E-state index is 0.178. The molecule has 1 amide bonds. The van der Waals surface area contributed by atoms with Crippen molar-refractivity contribution in [2.45, 2.75) is 43.0 Å². The summed E-state index contributed by atoms with van der Waals surface area (Å²) in [6.45, 7) is 2.30. The summed E-state index contributed by atoms with van der Waals surface area (Å²) in [5.74, 6) is 1.39. The normalized spacial score (nSPS) is 20.4. The molecule has 1 fully saturated rings. The van der Waals surface area contributed by atoms with Crippen LogP contribution in [-0.2, 0) is 4.79 Å². The summed E-state index contributed by atoms with van der Waals surface area (Å²) in [7, 11) is 1.94. The fraction of sp³-hybridized carbons (Fsp3) is 0.500. The lowest BCUT2D eigenvalue weighted by Gasteiger charge is -2.33. The average Bonchev–Trinajstić information content (AvgIpc) is 3.01. The van der Waals surface area contributed by atoms with Gasteiger partial charge in [0.25, 0.3) is 0 Å². The van der Waals surface area contributed by atoms with Crippen LogP contribution in [0.25, 0.3) is 5.69 Å². The van der Waals surface area contributed by atoms with Crippen molar-refractivity contribution in [3.63, 3.8) is 0 Å². The number of benzene rings is 1. The Morgan fingerprint density at radius 1 is 1.32 bits per heavy atom. The van der Waals surface area contributed by atoms with Crippen molar-refractivity contribution in [3.05, 3.63) is 34.3 Å². The van der Waals surface area contributed by atoms with E-state index in [1.807, 2.05) is 42.3 Å². The van der Waals surface area contributed by atoms with Crippen LogP contribution in [0.15, 0.2) is 34.7 Å². The van der Waals surface area contributed by atoms with Gasteiger partial charge in [0.05, 0.1) is 11.4 Å². The lowest BCUT2D eigenvalue weighted by molar-refractivity contribution is -0.129. The summed E-state index contributed by atoms with van der Waals surface area (Å²) in [5.41, 5.74) is 0.954. The van der Waals surface area contributed by atoms with Crippen molar-refractivity contribution in [1.29, 1.82) is 0 Å². The average molecular weight is 394 g/mol. The van der Waals surface area contributed by atoms with Gasteiger partial charge < -0.3 is 4.90 Å². The van der Waals surface area contributed by atoms with E-state index in [2.05, 4.69) is 12.0 Å². The Bertz CT molecular complexity index is 763. The van der Waals surface area contributed by atoms with Gasteiger partial charge in [-0.3, -0.25) is 4.79 Å². The highest BCUT2D eigenvalue weighted by Crippen LogP contribution is 2.28. The topological polar surface area (TPSA) is 38.1 Å². The lowest BCUT2D eigenvalue weighted by Crippen LogP contribution is -2.40. The molecule has 1 aromatic heterocycles. The van der Waals surface area contributed by atoms with E-state index in [0.717, 1.165) is 28.8 Å². The number of rotatable bonds is 5. The number of para-hydroxylation sites is 1. The predicted octanol–water partition coefficient (Wildman–Crippen LogP) is 4.79. The highest BCUT2D eigenvalue weighted by Gasteiger charge is 2.24. The molecule has 0 radical (unpaired) electrons. The molecule has 1 aliphatic carbocycles. The van der Waals surface area contributed by atoms with Gasteiger partial charge >= 0.3 is 0 Å². The molecular formula is C18H23N3OS3. The fourth-order valence-electron chi connectivity index (χ4n) is 3.11. The van der Waals surface area contributed by atoms with E-state index in [1.165, 1.54) is 35.9 Å². The zero-order chi connectivity index (χ0) is 17.8. The van der Waals surface area contributed by atoms with Gasteiger partial charge in [0.15, 0.2) is 8.29 Å². The molecule has 0 unspecified atom stereocenters. The molecule has 1 aliphatic rings. The molecule has 7 heteroatoms. The van der Waals surface area contributed by atoms with Crippen LogP contribution in [0.3, 0.4) is 0 Å². The Labute approximate surface area is 162 Å². The molecule has 0 spiro atoms. The summed E-state index contributed by atoms with van der Waals surface area (Å²) < 4.78 is 3.31. The maximum absolute atomic E-state index is 12.5. The monoisotopic (exact) mass is 393 g/mol. The van der Waals surface area contributed by atoms with E-state index in [4.69, 9.17) is 12.2 Å². The van der Waals surface area contributed by atoms with E-state index in [0.29, 0.717) is 15.7 Å². The van der Waals surface area contributed by atoms with Crippen molar-refractivity contribution >= 4 is 41.2 Å². The Hall–Kier alpha value is -1.18. The molecule has 1 heterocycles. The van der Waals surface area contributed by atoms with Gasteiger partial charge in [-0.15, -0.1) is 5.10 Å². The zero-order valence-electron chi connectivity index (χ0n) is 14.6. The van der Waals surface area contributed by atoms with Gasteiger partial charge in [0.1, 0.15) is 0 Å². The molecule has 0 atom stereocenters. The Balaban J connectivity index is 1.58. The number of aromatic nitrogens is 2. The molecule has 2 aromatic rings. The molecule has 0 N–H and O–H groups in total. The van der Waals surface area contributed by atoms with Crippen molar-refractivity contribution in [1.82, 2.24) is 14.7 Å². The van der Waals surface area contributed by atoms with E-state index in [-0.39, 0.29) is 5.91 Å². The third-order valence-electron chi connectivity index (χ3n) is 4.78. The summed E-state index contributed by atoms with van der Waals surface area (Å²) in [5, 5.41) is 4.56. The van der Waals surface area contributed by atoms with Crippen LogP contribution in [0.1, 0.15) is 32.6 Å². The van der Waals surface area contributed by atoms with Gasteiger partial charge in [0.2, 0.25) is 5.91 Å². The second-order valence-electron chi connectivity index (χ2n) is 6.59. The van der Waals surface area contributed by atoms with E-state index in [9.17, 15) is 4.79 Å². The van der Waals surface area contributed by atoms with Gasteiger partial charge in [-0.1, -0.05) is 48.2 Å². The van der Waals surface area contributed by atoms with Crippen LogP contribution >= 0.6 is 35.3 Å². The van der Waals surface area contributed by atoms with Crippen LogP contribution in [0.4, 0.5) is 0 Å². The Morgan fingerprint density at radius 2 is 2.00 bits per heavy atom. The smallest absolute Gasteiger partial charge is 0.233 e. The quantitative estimate of drug-likeness (QED) is 0.541. The first-order valence-corrected chi connectivity index (χ1v) is 10.8. The maximum Gasteiger partial charge on any atom is 0.233 e. The molecule has 134 valence electrons. The number of hydrogen-bond donors (Lipinski definition) is 0. The number of amides is 1. The molecule has 3 rings (SSSR count). The van der Waals surface area contributed by atoms with Crippen molar-refractivity contribution in [2.75, 3.05) is 12.8 Å². The minimum atomic E-state index is 0.178. The molecule has 0 aliphatic heterocycles. The highest BCUT2D eigenvalue weighted by molar-refractivity contribution is 8.01. The minimum Gasteiger partial charge on any atom is -0.342 e. The van der Waals surface area contributed by atoms with Crippen LogP contribution in [0.5, 0.6) is 0 Å². The molecule has 1 saturated carbocycles. The predicted molar refractivity (Wildman–Crippen MR) is 107 cm³/mol. The molecule has 0 bridgehead atoms. The zero-order valence-corrected chi connectivity index (χ0v) is 17.0. The summed E-state index contributed by atoms with van der Waals surface area (Å²) in [6.07, 6.45) is 4.68. The van der Waals surface area contributed by atoms with Crippen LogP contribution in [-0.4, -0.2) is 39.4 Å². The SMILES string of the molecule is CC1CCC(N(C)C(=O)CSc2nn(-c3ccccc3)c(=S)s2)CC1. The number of nitrogens with zero attached hydrogens (tertiary/aromatic N) is 3. The van der Waals surface area contributed by atoms with Gasteiger partial charge in [-0.2, -0.15) is 0 Å². The van der Waals surface area contributed by atoms with Crippen LogP contribution < -0.4 is 0 Å². The second-order valence-corrected chi connectivity index (χ2v) is 9.43. The second kappa shape index (κ2) is 8.47. The van der Waals surface area contributed by atoms with Crippen LogP contribution in [0, 0.1) is 9.87 Å².